The van der Waals surface area contributed by atoms with E-state index in [1.54, 1.807) is 54.0 Å². The number of hydrogen-bond acceptors (Lipinski definition) is 6. The third-order valence-corrected chi connectivity index (χ3v) is 9.54. The van der Waals surface area contributed by atoms with Crippen molar-refractivity contribution in [1.82, 2.24) is 14.2 Å². The minimum absolute atomic E-state index is 0.136. The number of rotatable bonds is 10. The smallest absolute Gasteiger partial charge is 0.410 e. The molecule has 1 saturated heterocycles. The number of likely N-dealkylation sites (tertiary alicyclic amines) is 1. The van der Waals surface area contributed by atoms with Crippen LogP contribution >= 0.6 is 23.2 Å². The van der Waals surface area contributed by atoms with Crippen LogP contribution in [0, 0.1) is 12.8 Å². The molecule has 0 spiro atoms. The molecule has 4 aromatic rings. The molecular weight excluding hydrogens is 625 g/mol. The lowest BCUT2D eigenvalue weighted by Gasteiger charge is -2.31. The number of piperidine rings is 1. The number of ether oxygens (including phenoxy) is 2. The second-order valence-electron chi connectivity index (χ2n) is 10.8. The number of sulfonamides is 1. The maximum atomic E-state index is 13.6. The van der Waals surface area contributed by atoms with E-state index in [1.807, 2.05) is 30.3 Å². The summed E-state index contributed by atoms with van der Waals surface area (Å²) in [6.07, 6.45) is 0.751. The molecule has 0 unspecified atom stereocenters. The summed E-state index contributed by atoms with van der Waals surface area (Å²) >= 11 is 12.5. The quantitative estimate of drug-likeness (QED) is 0.210. The molecule has 1 atom stereocenters. The van der Waals surface area contributed by atoms with E-state index in [-0.39, 0.29) is 43.7 Å². The van der Waals surface area contributed by atoms with E-state index in [4.69, 9.17) is 32.7 Å². The Kier molecular flexibility index (Phi) is 10.0. The zero-order valence-electron chi connectivity index (χ0n) is 24.2. The van der Waals surface area contributed by atoms with Gasteiger partial charge < -0.3 is 18.9 Å². The molecule has 9 nitrogen and oxygen atoms in total. The molecule has 1 N–H and O–H groups in total. The fourth-order valence-corrected chi connectivity index (χ4v) is 7.26. The number of para-hydroxylation sites is 1. The fraction of sp³-hybridized carbons (Fsp3) is 0.312. The lowest BCUT2D eigenvalue weighted by molar-refractivity contribution is 0.0811. The normalized spacial score (nSPS) is 15.2. The van der Waals surface area contributed by atoms with Gasteiger partial charge in [-0.1, -0.05) is 65.7 Å². The summed E-state index contributed by atoms with van der Waals surface area (Å²) in [4.78, 5) is 27.8. The molecule has 3 aromatic carbocycles. The van der Waals surface area contributed by atoms with Gasteiger partial charge in [0, 0.05) is 29.0 Å². The van der Waals surface area contributed by atoms with Gasteiger partial charge in [-0.15, -0.1) is 0 Å². The van der Waals surface area contributed by atoms with Crippen LogP contribution in [0.5, 0.6) is 5.75 Å². The highest BCUT2D eigenvalue weighted by Crippen LogP contribution is 2.29. The number of nitrogens with zero attached hydrogens (tertiary/aromatic N) is 2. The van der Waals surface area contributed by atoms with Crippen molar-refractivity contribution < 1.29 is 27.5 Å². The number of aryl methyl sites for hydroxylation is 1. The first kappa shape index (κ1) is 31.7. The highest BCUT2D eigenvalue weighted by Gasteiger charge is 2.31. The highest BCUT2D eigenvalue weighted by molar-refractivity contribution is 7.90. The Balaban J connectivity index is 1.26. The van der Waals surface area contributed by atoms with Crippen LogP contribution in [0.1, 0.15) is 34.5 Å². The van der Waals surface area contributed by atoms with Gasteiger partial charge in [-0.3, -0.25) is 4.79 Å². The highest BCUT2D eigenvalue weighted by atomic mass is 35.5. The van der Waals surface area contributed by atoms with Gasteiger partial charge in [0.05, 0.1) is 17.3 Å². The van der Waals surface area contributed by atoms with Gasteiger partial charge in [0.2, 0.25) is 10.0 Å². The van der Waals surface area contributed by atoms with E-state index in [2.05, 4.69) is 4.72 Å². The van der Waals surface area contributed by atoms with Crippen LogP contribution in [-0.2, 0) is 27.9 Å². The second-order valence-corrected chi connectivity index (χ2v) is 13.4. The average molecular weight is 659 g/mol. The van der Waals surface area contributed by atoms with Crippen molar-refractivity contribution in [3.63, 3.8) is 0 Å². The predicted molar refractivity (Wildman–Crippen MR) is 171 cm³/mol. The summed E-state index contributed by atoms with van der Waals surface area (Å²) in [6.45, 7) is 3.03. The Morgan fingerprint density at radius 3 is 2.55 bits per heavy atom. The maximum absolute atomic E-state index is 13.6. The van der Waals surface area contributed by atoms with E-state index in [0.717, 1.165) is 10.9 Å². The van der Waals surface area contributed by atoms with Crippen LogP contribution in [0.25, 0.3) is 10.9 Å². The first-order valence-electron chi connectivity index (χ1n) is 14.3. The van der Waals surface area contributed by atoms with Gasteiger partial charge in [0.1, 0.15) is 24.7 Å². The van der Waals surface area contributed by atoms with Crippen molar-refractivity contribution in [2.75, 3.05) is 25.4 Å². The van der Waals surface area contributed by atoms with Crippen molar-refractivity contribution >= 4 is 56.1 Å². The van der Waals surface area contributed by atoms with Crippen LogP contribution in [-0.4, -0.2) is 55.3 Å². The van der Waals surface area contributed by atoms with E-state index in [9.17, 15) is 18.0 Å². The Hall–Kier alpha value is -3.73. The maximum Gasteiger partial charge on any atom is 0.410 e. The van der Waals surface area contributed by atoms with Crippen molar-refractivity contribution in [2.45, 2.75) is 32.9 Å². The molecule has 1 fully saturated rings. The Bertz CT molecular complexity index is 1760. The summed E-state index contributed by atoms with van der Waals surface area (Å²) in [5, 5.41) is 1.69. The zero-order valence-corrected chi connectivity index (χ0v) is 26.5. The van der Waals surface area contributed by atoms with E-state index < -0.39 is 22.0 Å². The Labute approximate surface area is 266 Å². The van der Waals surface area contributed by atoms with Crippen molar-refractivity contribution in [2.24, 2.45) is 5.92 Å². The number of nitrogens with one attached hydrogen (secondary N) is 1. The summed E-state index contributed by atoms with van der Waals surface area (Å²) in [6, 6.07) is 21.7. The third-order valence-electron chi connectivity index (χ3n) is 7.59. The molecule has 12 heteroatoms. The number of carbonyl (C=O) groups is 2. The van der Waals surface area contributed by atoms with Gasteiger partial charge in [-0.2, -0.15) is 0 Å². The molecule has 0 aliphatic carbocycles. The molecule has 44 heavy (non-hydrogen) atoms. The third kappa shape index (κ3) is 7.67. The minimum Gasteiger partial charge on any atom is -0.490 e. The summed E-state index contributed by atoms with van der Waals surface area (Å²) < 4.78 is 41.8. The van der Waals surface area contributed by atoms with Crippen molar-refractivity contribution in [3.05, 3.63) is 99.7 Å². The van der Waals surface area contributed by atoms with E-state index in [1.165, 1.54) is 4.90 Å². The molecule has 5 rings (SSSR count). The summed E-state index contributed by atoms with van der Waals surface area (Å²) in [7, 11) is -4.05. The summed E-state index contributed by atoms with van der Waals surface area (Å²) in [5.74, 6) is -0.901. The zero-order chi connectivity index (χ0) is 31.3. The largest absolute Gasteiger partial charge is 0.490 e. The summed E-state index contributed by atoms with van der Waals surface area (Å²) in [5.41, 5.74) is 2.38. The SMILES string of the molecule is Cc1c(C(=O)NS(=O)(=O)C[C@H]2CCCN(C(=O)OCc3ccccc3)C2)n(CCOc2ccccc2Cl)c2ccc(Cl)cc12. The number of benzene rings is 3. The van der Waals surface area contributed by atoms with Crippen molar-refractivity contribution in [3.8, 4) is 5.75 Å². The van der Waals surface area contributed by atoms with Crippen molar-refractivity contribution in [1.29, 1.82) is 0 Å². The Morgan fingerprint density at radius 2 is 1.77 bits per heavy atom. The standard InChI is InChI=1S/C32H33Cl2N3O6S/c1-22-26-18-25(33)13-14-28(26)37(16-17-42-29-12-6-5-11-27(29)34)30(22)31(38)35-44(40,41)21-24-10-7-15-36(19-24)32(39)43-20-23-8-3-2-4-9-23/h2-6,8-9,11-14,18,24H,7,10,15-17,19-21H2,1H3,(H,35,38)/t24-/m0/s1. The van der Waals surface area contributed by atoms with E-state index in [0.29, 0.717) is 46.3 Å². The molecule has 0 bridgehead atoms. The van der Waals surface area contributed by atoms with Gasteiger partial charge in [-0.25, -0.2) is 17.9 Å². The molecule has 0 radical (unpaired) electrons. The first-order chi connectivity index (χ1) is 21.1. The molecule has 0 saturated carbocycles. The van der Waals surface area contributed by atoms with Crippen LogP contribution in [0.4, 0.5) is 4.79 Å². The number of halogens is 2. The first-order valence-corrected chi connectivity index (χ1v) is 16.7. The number of hydrogen-bond donors (Lipinski definition) is 1. The molecule has 2 heterocycles. The monoisotopic (exact) mass is 657 g/mol. The predicted octanol–water partition coefficient (Wildman–Crippen LogP) is 6.44. The molecule has 1 aliphatic heterocycles. The fourth-order valence-electron chi connectivity index (χ4n) is 5.55. The molecular formula is C32H33Cl2N3O6S. The average Bonchev–Trinajstić information content (AvgIpc) is 3.27. The van der Waals surface area contributed by atoms with Gasteiger partial charge in [-0.05, 0) is 67.1 Å². The number of aromatic nitrogens is 1. The van der Waals surface area contributed by atoms with E-state index >= 15 is 0 Å². The van der Waals surface area contributed by atoms with Gasteiger partial charge >= 0.3 is 6.09 Å². The molecule has 1 aromatic heterocycles. The second kappa shape index (κ2) is 13.9. The molecule has 232 valence electrons. The van der Waals surface area contributed by atoms with Gasteiger partial charge in [0.15, 0.2) is 0 Å². The Morgan fingerprint density at radius 1 is 1.02 bits per heavy atom. The number of amides is 2. The molecule has 2 amide bonds. The number of carbonyl (C=O) groups excluding carboxylic acids is 2. The lowest BCUT2D eigenvalue weighted by atomic mass is 10.0. The van der Waals surface area contributed by atoms with Gasteiger partial charge in [0.25, 0.3) is 5.91 Å². The van der Waals surface area contributed by atoms with Crippen LogP contribution < -0.4 is 9.46 Å². The minimum atomic E-state index is -4.05. The van der Waals surface area contributed by atoms with Crippen LogP contribution in [0.15, 0.2) is 72.8 Å². The van der Waals surface area contributed by atoms with Crippen LogP contribution in [0.2, 0.25) is 10.0 Å². The number of fused-ring (bicyclic) bond motifs is 1. The topological polar surface area (TPSA) is 107 Å². The molecule has 1 aliphatic rings. The lowest BCUT2D eigenvalue weighted by Crippen LogP contribution is -2.44. The van der Waals surface area contributed by atoms with Crippen LogP contribution in [0.3, 0.4) is 0 Å².